The van der Waals surface area contributed by atoms with Gasteiger partial charge in [0.1, 0.15) is 11.8 Å². The summed E-state index contributed by atoms with van der Waals surface area (Å²) in [5, 5.41) is 12.7. The number of aromatic nitrogens is 4. The van der Waals surface area contributed by atoms with Crippen molar-refractivity contribution < 1.29 is 49.6 Å². The van der Waals surface area contributed by atoms with Crippen molar-refractivity contribution in [3.63, 3.8) is 0 Å². The number of nitrogens with zero attached hydrogens (tertiary/aromatic N) is 4. The van der Waals surface area contributed by atoms with Gasteiger partial charge in [0.2, 0.25) is 11.8 Å². The highest BCUT2D eigenvalue weighted by atomic mass is 19.4. The van der Waals surface area contributed by atoms with E-state index in [1.165, 1.54) is 23.0 Å². The summed E-state index contributed by atoms with van der Waals surface area (Å²) in [7, 11) is 0. The number of imidazole rings is 1. The molecule has 224 valence electrons. The van der Waals surface area contributed by atoms with Crippen molar-refractivity contribution in [3.8, 4) is 5.88 Å². The second-order valence-corrected chi connectivity index (χ2v) is 9.60. The third kappa shape index (κ3) is 8.29. The summed E-state index contributed by atoms with van der Waals surface area (Å²) in [6.07, 6.45) is -6.26. The molecule has 1 fully saturated rings. The van der Waals surface area contributed by atoms with Crippen LogP contribution in [0.4, 0.5) is 30.7 Å². The average Bonchev–Trinajstić information content (AvgIpc) is 3.54. The van der Waals surface area contributed by atoms with E-state index in [1.54, 1.807) is 0 Å². The molecule has 10 nitrogen and oxygen atoms in total. The molecule has 3 aromatic heterocycles. The molecule has 1 aliphatic carbocycles. The van der Waals surface area contributed by atoms with Crippen molar-refractivity contribution >= 4 is 17.5 Å². The van der Waals surface area contributed by atoms with Gasteiger partial charge >= 0.3 is 6.18 Å². The topological polar surface area (TPSA) is 124 Å². The summed E-state index contributed by atoms with van der Waals surface area (Å²) in [4.78, 5) is 29.3. The van der Waals surface area contributed by atoms with Gasteiger partial charge in [0.05, 0.1) is 30.6 Å². The Morgan fingerprint density at radius 3 is 2.63 bits per heavy atom. The zero-order valence-electron chi connectivity index (χ0n) is 21.3. The lowest BCUT2D eigenvalue weighted by Crippen LogP contribution is -2.37. The van der Waals surface area contributed by atoms with Crippen LogP contribution in [0.15, 0.2) is 29.2 Å². The maximum atomic E-state index is 13.9. The fraction of sp³-hybridized carbons (Fsp3) is 0.542. The number of halogens is 7. The van der Waals surface area contributed by atoms with E-state index in [-0.39, 0.29) is 36.3 Å². The van der Waals surface area contributed by atoms with Crippen molar-refractivity contribution in [2.75, 3.05) is 6.61 Å². The normalized spacial score (nSPS) is 16.6. The Bertz CT molecular complexity index is 1350. The van der Waals surface area contributed by atoms with Crippen molar-refractivity contribution in [3.05, 3.63) is 41.5 Å². The minimum absolute atomic E-state index is 0.0484. The van der Waals surface area contributed by atoms with Gasteiger partial charge in [-0.3, -0.25) is 9.59 Å². The second kappa shape index (κ2) is 12.3. The Labute approximate surface area is 227 Å². The third-order valence-electron chi connectivity index (χ3n) is 6.49. The van der Waals surface area contributed by atoms with Crippen LogP contribution in [-0.2, 0) is 11.3 Å². The maximum Gasteiger partial charge on any atom is 0.389 e. The number of carbonyl (C=O) groups is 2. The first-order chi connectivity index (χ1) is 19.3. The molecule has 17 heteroatoms. The Morgan fingerprint density at radius 2 is 1.95 bits per heavy atom. The molecule has 3 aromatic rings. The molecule has 0 saturated heterocycles. The molecule has 41 heavy (non-hydrogen) atoms. The molecule has 2 N–H and O–H groups in total. The Hall–Kier alpha value is -3.92. The number of ether oxygens (including phenoxy) is 1. The van der Waals surface area contributed by atoms with Crippen LogP contribution in [0.5, 0.6) is 5.88 Å². The maximum absolute atomic E-state index is 13.9. The molecule has 3 heterocycles. The average molecular weight is 594 g/mol. The molecule has 1 saturated carbocycles. The number of fused-ring (bicyclic) bond motifs is 1. The lowest BCUT2D eigenvalue weighted by Gasteiger charge is -2.33. The van der Waals surface area contributed by atoms with E-state index in [9.17, 15) is 40.3 Å². The molecule has 4 rings (SSSR count). The van der Waals surface area contributed by atoms with Crippen molar-refractivity contribution in [2.45, 2.75) is 69.6 Å². The SMILES string of the molecule is O=C(CCC(F)(F)F)NCc1cnn2cc([C@@H](NC(=O)c3conc3OCC(F)F)C3CCC(F)(F)CC3)nc2c1. The van der Waals surface area contributed by atoms with Gasteiger partial charge in [-0.2, -0.15) is 18.3 Å². The van der Waals surface area contributed by atoms with Gasteiger partial charge in [0.25, 0.3) is 18.2 Å². The van der Waals surface area contributed by atoms with Gasteiger partial charge in [-0.15, -0.1) is 0 Å². The van der Waals surface area contributed by atoms with E-state index in [1.807, 2.05) is 0 Å². The van der Waals surface area contributed by atoms with Crippen LogP contribution in [0.3, 0.4) is 0 Å². The van der Waals surface area contributed by atoms with Gasteiger partial charge in [0.15, 0.2) is 12.3 Å². The lowest BCUT2D eigenvalue weighted by atomic mass is 9.81. The zero-order chi connectivity index (χ0) is 29.8. The highest BCUT2D eigenvalue weighted by Crippen LogP contribution is 2.41. The van der Waals surface area contributed by atoms with Gasteiger partial charge in [0, 0.05) is 25.8 Å². The molecule has 1 aliphatic rings. The van der Waals surface area contributed by atoms with Crippen LogP contribution < -0.4 is 15.4 Å². The minimum Gasteiger partial charge on any atom is -0.469 e. The first-order valence-electron chi connectivity index (χ1n) is 12.5. The molecular weight excluding hydrogens is 569 g/mol. The monoisotopic (exact) mass is 594 g/mol. The predicted molar refractivity (Wildman–Crippen MR) is 125 cm³/mol. The number of nitrogens with one attached hydrogen (secondary N) is 2. The number of hydrogen-bond acceptors (Lipinski definition) is 7. The van der Waals surface area contributed by atoms with Crippen LogP contribution in [-0.4, -0.2) is 56.7 Å². The van der Waals surface area contributed by atoms with Crippen LogP contribution in [0.1, 0.15) is 66.2 Å². The fourth-order valence-corrected chi connectivity index (χ4v) is 4.40. The number of alkyl halides is 7. The van der Waals surface area contributed by atoms with E-state index in [0.29, 0.717) is 5.56 Å². The summed E-state index contributed by atoms with van der Waals surface area (Å²) in [5.41, 5.74) is 0.674. The molecule has 0 spiro atoms. The molecule has 0 unspecified atom stereocenters. The minimum atomic E-state index is -4.46. The highest BCUT2D eigenvalue weighted by Gasteiger charge is 2.39. The van der Waals surface area contributed by atoms with Crippen LogP contribution in [0, 0.1) is 5.92 Å². The van der Waals surface area contributed by atoms with Gasteiger partial charge in [-0.05, 0) is 35.5 Å². The first kappa shape index (κ1) is 30.0. The molecule has 0 aromatic carbocycles. The van der Waals surface area contributed by atoms with E-state index in [4.69, 9.17) is 9.26 Å². The van der Waals surface area contributed by atoms with Crippen molar-refractivity contribution in [1.82, 2.24) is 30.4 Å². The number of carbonyl (C=O) groups excluding carboxylic acids is 2. The van der Waals surface area contributed by atoms with Crippen LogP contribution >= 0.6 is 0 Å². The van der Waals surface area contributed by atoms with Crippen LogP contribution in [0.2, 0.25) is 0 Å². The van der Waals surface area contributed by atoms with E-state index < -0.39 is 80.5 Å². The van der Waals surface area contributed by atoms with Gasteiger partial charge < -0.3 is 19.9 Å². The number of hydrogen-bond donors (Lipinski definition) is 2. The molecule has 1 atom stereocenters. The summed E-state index contributed by atoms with van der Waals surface area (Å²) >= 11 is 0. The zero-order valence-corrected chi connectivity index (χ0v) is 21.3. The van der Waals surface area contributed by atoms with Gasteiger partial charge in [-0.1, -0.05) is 0 Å². The molecular formula is C24H25F7N6O4. The molecule has 0 radical (unpaired) electrons. The molecule has 0 aliphatic heterocycles. The first-order valence-corrected chi connectivity index (χ1v) is 12.5. The van der Waals surface area contributed by atoms with E-state index in [2.05, 4.69) is 25.9 Å². The summed E-state index contributed by atoms with van der Waals surface area (Å²) in [6.45, 7) is -1.15. The molecule has 0 bridgehead atoms. The number of amides is 2. The number of rotatable bonds is 11. The third-order valence-corrected chi connectivity index (χ3v) is 6.49. The van der Waals surface area contributed by atoms with E-state index in [0.717, 1.165) is 6.26 Å². The molecule has 2 amide bonds. The van der Waals surface area contributed by atoms with Crippen LogP contribution in [0.25, 0.3) is 5.65 Å². The van der Waals surface area contributed by atoms with Crippen molar-refractivity contribution in [1.29, 1.82) is 0 Å². The smallest absolute Gasteiger partial charge is 0.389 e. The Balaban J connectivity index is 1.52. The Kier molecular flexibility index (Phi) is 9.01. The lowest BCUT2D eigenvalue weighted by molar-refractivity contribution is -0.144. The quantitative estimate of drug-likeness (QED) is 0.311. The summed E-state index contributed by atoms with van der Waals surface area (Å²) in [5.74, 6) is -5.40. The highest BCUT2D eigenvalue weighted by molar-refractivity contribution is 5.96. The standard InChI is InChI=1S/C24H25F7N6O4/c25-17(26)12-40-22-15(11-41-36-22)21(39)35-20(14-1-4-23(27,28)5-2-14)16-10-37-18(34-16)7-13(9-33-37)8-32-19(38)3-6-24(29,30)31/h7,9-11,14,17,20H,1-6,8,12H2,(H,32,38)(H,35,39)/t20-/m0/s1. The summed E-state index contributed by atoms with van der Waals surface area (Å²) < 4.78 is 101. The second-order valence-electron chi connectivity index (χ2n) is 9.60. The predicted octanol–water partition coefficient (Wildman–Crippen LogP) is 4.62. The Morgan fingerprint density at radius 1 is 1.22 bits per heavy atom. The largest absolute Gasteiger partial charge is 0.469 e. The van der Waals surface area contributed by atoms with Crippen molar-refractivity contribution in [2.24, 2.45) is 5.92 Å². The van der Waals surface area contributed by atoms with Gasteiger partial charge in [-0.25, -0.2) is 27.1 Å². The fourth-order valence-electron chi connectivity index (χ4n) is 4.40. The summed E-state index contributed by atoms with van der Waals surface area (Å²) in [6, 6.07) is 0.619. The van der Waals surface area contributed by atoms with E-state index >= 15 is 0 Å².